The molecule has 1 fully saturated rings. The Kier molecular flexibility index (Phi) is 6.84. The van der Waals surface area contributed by atoms with Crippen molar-refractivity contribution in [1.29, 1.82) is 0 Å². The average molecular weight is 238 g/mol. The number of unbranched alkanes of at least 4 members (excludes halogenated alkanes) is 4. The van der Waals surface area contributed by atoms with Gasteiger partial charge in [0.25, 0.3) is 0 Å². The highest BCUT2D eigenvalue weighted by atomic mass is 16.1. The minimum absolute atomic E-state index is 0.396. The van der Waals surface area contributed by atoms with Crippen molar-refractivity contribution in [3.8, 4) is 0 Å². The molecule has 0 saturated heterocycles. The molecule has 1 saturated carbocycles. The number of Topliss-reactive ketones (excluding diaryl/α,β-unsaturated/α-hetero) is 1. The summed E-state index contributed by atoms with van der Waals surface area (Å²) in [4.78, 5) is 12.1. The van der Waals surface area contributed by atoms with Crippen molar-refractivity contribution in [3.63, 3.8) is 0 Å². The fraction of sp³-hybridized carbons (Fsp3) is 0.938. The maximum absolute atomic E-state index is 12.1. The van der Waals surface area contributed by atoms with Crippen LogP contribution in [0.15, 0.2) is 0 Å². The van der Waals surface area contributed by atoms with Gasteiger partial charge in [-0.2, -0.15) is 0 Å². The van der Waals surface area contributed by atoms with Gasteiger partial charge in [0.2, 0.25) is 0 Å². The van der Waals surface area contributed by atoms with E-state index in [1.165, 1.54) is 32.1 Å². The van der Waals surface area contributed by atoms with Gasteiger partial charge >= 0.3 is 0 Å². The van der Waals surface area contributed by atoms with Crippen LogP contribution in [-0.4, -0.2) is 5.78 Å². The molecule has 0 bridgehead atoms. The van der Waals surface area contributed by atoms with Gasteiger partial charge in [-0.3, -0.25) is 4.79 Å². The van der Waals surface area contributed by atoms with Gasteiger partial charge < -0.3 is 0 Å². The summed E-state index contributed by atoms with van der Waals surface area (Å²) < 4.78 is 0. The molecule has 0 heterocycles. The standard InChI is InChI=1S/C16H30O/c1-4-5-6-7-8-9-16(17)15-11-10-13(2)14(3)12-15/h13-15H,4-12H2,1-3H3. The van der Waals surface area contributed by atoms with Crippen LogP contribution in [0.5, 0.6) is 0 Å². The summed E-state index contributed by atoms with van der Waals surface area (Å²) in [5.74, 6) is 2.52. The van der Waals surface area contributed by atoms with Crippen molar-refractivity contribution in [2.75, 3.05) is 0 Å². The molecule has 1 nitrogen and oxygen atoms in total. The lowest BCUT2D eigenvalue weighted by atomic mass is 9.74. The molecule has 1 aliphatic carbocycles. The van der Waals surface area contributed by atoms with Gasteiger partial charge in [0.15, 0.2) is 0 Å². The normalized spacial score (nSPS) is 29.2. The molecule has 3 atom stereocenters. The zero-order valence-electron chi connectivity index (χ0n) is 12.0. The third kappa shape index (κ3) is 5.23. The van der Waals surface area contributed by atoms with E-state index < -0.39 is 0 Å². The van der Waals surface area contributed by atoms with Gasteiger partial charge in [0.05, 0.1) is 0 Å². The van der Waals surface area contributed by atoms with Gasteiger partial charge in [0.1, 0.15) is 5.78 Å². The molecule has 0 aromatic carbocycles. The number of ketones is 1. The summed E-state index contributed by atoms with van der Waals surface area (Å²) in [6.07, 6.45) is 10.7. The van der Waals surface area contributed by atoms with Crippen molar-refractivity contribution in [2.24, 2.45) is 17.8 Å². The van der Waals surface area contributed by atoms with Gasteiger partial charge in [-0.15, -0.1) is 0 Å². The first-order valence-corrected chi connectivity index (χ1v) is 7.67. The molecule has 3 unspecified atom stereocenters. The summed E-state index contributed by atoms with van der Waals surface area (Å²) in [5, 5.41) is 0. The first-order chi connectivity index (χ1) is 8.15. The summed E-state index contributed by atoms with van der Waals surface area (Å²) >= 11 is 0. The van der Waals surface area contributed by atoms with E-state index >= 15 is 0 Å². The highest BCUT2D eigenvalue weighted by molar-refractivity contribution is 5.81. The molecule has 1 aliphatic rings. The second-order valence-corrected chi connectivity index (χ2v) is 6.10. The molecule has 0 aliphatic heterocycles. The fourth-order valence-electron chi connectivity index (χ4n) is 2.95. The number of hydrogen-bond acceptors (Lipinski definition) is 1. The van der Waals surface area contributed by atoms with Gasteiger partial charge in [-0.1, -0.05) is 46.5 Å². The van der Waals surface area contributed by atoms with E-state index in [2.05, 4.69) is 20.8 Å². The smallest absolute Gasteiger partial charge is 0.135 e. The van der Waals surface area contributed by atoms with Crippen LogP contribution in [0.3, 0.4) is 0 Å². The molecule has 1 heteroatoms. The van der Waals surface area contributed by atoms with Crippen LogP contribution in [-0.2, 0) is 4.79 Å². The molecule has 0 spiro atoms. The quantitative estimate of drug-likeness (QED) is 0.571. The first-order valence-electron chi connectivity index (χ1n) is 7.67. The molecule has 17 heavy (non-hydrogen) atoms. The molecule has 0 aromatic heterocycles. The molecule has 0 aromatic rings. The predicted octanol–water partition coefficient (Wildman–Crippen LogP) is 4.99. The van der Waals surface area contributed by atoms with Gasteiger partial charge in [0, 0.05) is 12.3 Å². The monoisotopic (exact) mass is 238 g/mol. The van der Waals surface area contributed by atoms with Gasteiger partial charge in [-0.05, 0) is 37.5 Å². The third-order valence-corrected chi connectivity index (χ3v) is 4.58. The predicted molar refractivity (Wildman–Crippen MR) is 74.1 cm³/mol. The highest BCUT2D eigenvalue weighted by Gasteiger charge is 2.28. The molecule has 100 valence electrons. The minimum Gasteiger partial charge on any atom is -0.299 e. The lowest BCUT2D eigenvalue weighted by Gasteiger charge is -2.31. The number of hydrogen-bond donors (Lipinski definition) is 0. The third-order valence-electron chi connectivity index (χ3n) is 4.58. The maximum Gasteiger partial charge on any atom is 0.135 e. The average Bonchev–Trinajstić information content (AvgIpc) is 2.32. The van der Waals surface area contributed by atoms with Crippen molar-refractivity contribution in [3.05, 3.63) is 0 Å². The van der Waals surface area contributed by atoms with Crippen LogP contribution in [0.2, 0.25) is 0 Å². The second kappa shape index (κ2) is 7.89. The number of rotatable bonds is 7. The summed E-state index contributed by atoms with van der Waals surface area (Å²) in [5.41, 5.74) is 0. The SMILES string of the molecule is CCCCCCCC(=O)C1CCC(C)C(C)C1. The van der Waals surface area contributed by atoms with Crippen LogP contribution < -0.4 is 0 Å². The van der Waals surface area contributed by atoms with Crippen LogP contribution in [0.25, 0.3) is 0 Å². The lowest BCUT2D eigenvalue weighted by molar-refractivity contribution is -0.124. The van der Waals surface area contributed by atoms with Gasteiger partial charge in [-0.25, -0.2) is 0 Å². The largest absolute Gasteiger partial charge is 0.299 e. The minimum atomic E-state index is 0.396. The summed E-state index contributed by atoms with van der Waals surface area (Å²) in [6.45, 7) is 6.87. The first kappa shape index (κ1) is 14.7. The van der Waals surface area contributed by atoms with E-state index in [4.69, 9.17) is 0 Å². The van der Waals surface area contributed by atoms with E-state index in [0.29, 0.717) is 11.7 Å². The van der Waals surface area contributed by atoms with Crippen LogP contribution in [0, 0.1) is 17.8 Å². The van der Waals surface area contributed by atoms with E-state index in [0.717, 1.165) is 37.5 Å². The van der Waals surface area contributed by atoms with Crippen molar-refractivity contribution >= 4 is 5.78 Å². The maximum atomic E-state index is 12.1. The molecule has 0 amide bonds. The van der Waals surface area contributed by atoms with Crippen molar-refractivity contribution < 1.29 is 4.79 Å². The summed E-state index contributed by atoms with van der Waals surface area (Å²) in [6, 6.07) is 0. The number of carbonyl (C=O) groups is 1. The zero-order chi connectivity index (χ0) is 12.7. The Hall–Kier alpha value is -0.330. The Morgan fingerprint density at radius 1 is 1.00 bits per heavy atom. The molecule has 0 N–H and O–H groups in total. The van der Waals surface area contributed by atoms with E-state index in [-0.39, 0.29) is 0 Å². The molecular weight excluding hydrogens is 208 g/mol. The molecular formula is C16H30O. The number of carbonyl (C=O) groups excluding carboxylic acids is 1. The lowest BCUT2D eigenvalue weighted by Crippen LogP contribution is -2.26. The highest BCUT2D eigenvalue weighted by Crippen LogP contribution is 2.34. The Morgan fingerprint density at radius 3 is 2.35 bits per heavy atom. The van der Waals surface area contributed by atoms with Crippen LogP contribution >= 0.6 is 0 Å². The fourth-order valence-corrected chi connectivity index (χ4v) is 2.95. The van der Waals surface area contributed by atoms with Crippen molar-refractivity contribution in [1.82, 2.24) is 0 Å². The second-order valence-electron chi connectivity index (χ2n) is 6.10. The van der Waals surface area contributed by atoms with Crippen molar-refractivity contribution in [2.45, 2.75) is 78.6 Å². The van der Waals surface area contributed by atoms with E-state index in [9.17, 15) is 4.79 Å². The molecule has 1 rings (SSSR count). The Labute approximate surface area is 107 Å². The Balaban J connectivity index is 2.15. The summed E-state index contributed by atoms with van der Waals surface area (Å²) in [7, 11) is 0. The Morgan fingerprint density at radius 2 is 1.71 bits per heavy atom. The van der Waals surface area contributed by atoms with E-state index in [1.54, 1.807) is 0 Å². The molecule has 0 radical (unpaired) electrons. The van der Waals surface area contributed by atoms with E-state index in [1.807, 2.05) is 0 Å². The van der Waals surface area contributed by atoms with Crippen LogP contribution in [0.1, 0.15) is 78.6 Å². The Bertz CT molecular complexity index is 222. The van der Waals surface area contributed by atoms with Crippen LogP contribution in [0.4, 0.5) is 0 Å². The zero-order valence-corrected chi connectivity index (χ0v) is 12.0. The topological polar surface area (TPSA) is 17.1 Å².